The summed E-state index contributed by atoms with van der Waals surface area (Å²) in [4.78, 5) is 2.88. The van der Waals surface area contributed by atoms with Gasteiger partial charge in [0.05, 0.1) is 11.2 Å². The summed E-state index contributed by atoms with van der Waals surface area (Å²) in [6.07, 6.45) is 1.75. The Labute approximate surface area is 107 Å². The van der Waals surface area contributed by atoms with E-state index in [1.165, 1.54) is 0 Å². The van der Waals surface area contributed by atoms with Crippen LogP contribution in [-0.4, -0.2) is 18.3 Å². The topological polar surface area (TPSA) is 58.6 Å². The molecule has 0 bridgehead atoms. The van der Waals surface area contributed by atoms with Crippen molar-refractivity contribution >= 4 is 29.9 Å². The molecule has 0 spiro atoms. The summed E-state index contributed by atoms with van der Waals surface area (Å²) in [5.41, 5.74) is 6.36. The van der Waals surface area contributed by atoms with E-state index >= 15 is 0 Å². The fraction of sp³-hybridized carbons (Fsp3) is 0.545. The summed E-state index contributed by atoms with van der Waals surface area (Å²) in [5.74, 6) is 0. The number of nitrogen functional groups attached to an aromatic ring is 1. The van der Waals surface area contributed by atoms with E-state index in [0.29, 0.717) is 10.8 Å². The number of nitrogens with one attached hydrogen (secondary N) is 1. The molecule has 1 aliphatic rings. The number of nitrogens with two attached hydrogens (primary N) is 1. The minimum atomic E-state index is -0.421. The van der Waals surface area contributed by atoms with Gasteiger partial charge in [0.2, 0.25) is 0 Å². The fourth-order valence-electron chi connectivity index (χ4n) is 1.63. The number of halogens is 1. The summed E-state index contributed by atoms with van der Waals surface area (Å²) in [7, 11) is -0.421. The number of H-pyrrole nitrogens is 1. The SMILES string of the molecule is CC1(C)OB(c2c[nH+]c(Cl)c(N)c2)OC1(C)C. The largest absolute Gasteiger partial charge is 0.501 e. The quantitative estimate of drug-likeness (QED) is 0.602. The van der Waals surface area contributed by atoms with E-state index in [-0.39, 0.29) is 11.2 Å². The van der Waals surface area contributed by atoms with Gasteiger partial charge >= 0.3 is 7.12 Å². The first kappa shape index (κ1) is 12.7. The molecule has 6 heteroatoms. The molecule has 0 aliphatic carbocycles. The van der Waals surface area contributed by atoms with Crippen LogP contribution in [0.5, 0.6) is 0 Å². The Hall–Kier alpha value is -0.775. The third-order valence-electron chi connectivity index (χ3n) is 3.47. The summed E-state index contributed by atoms with van der Waals surface area (Å²) >= 11 is 5.84. The van der Waals surface area contributed by atoms with Crippen molar-refractivity contribution in [1.29, 1.82) is 0 Å². The highest BCUT2D eigenvalue weighted by atomic mass is 35.5. The molecule has 0 atom stereocenters. The van der Waals surface area contributed by atoms with Gasteiger partial charge in [0, 0.05) is 5.46 Å². The molecule has 2 rings (SSSR count). The predicted molar refractivity (Wildman–Crippen MR) is 68.1 cm³/mol. The van der Waals surface area contributed by atoms with Gasteiger partial charge in [0.1, 0.15) is 5.69 Å². The monoisotopic (exact) mass is 255 g/mol. The van der Waals surface area contributed by atoms with E-state index in [4.69, 9.17) is 26.6 Å². The number of aromatic nitrogens is 1. The van der Waals surface area contributed by atoms with Crippen LogP contribution in [0.1, 0.15) is 27.7 Å². The van der Waals surface area contributed by atoms with Crippen molar-refractivity contribution in [2.45, 2.75) is 38.9 Å². The molecule has 0 radical (unpaired) electrons. The Morgan fingerprint density at radius 3 is 2.24 bits per heavy atom. The molecule has 0 amide bonds. The molecule has 17 heavy (non-hydrogen) atoms. The Kier molecular flexibility index (Phi) is 2.88. The molecule has 3 N–H and O–H groups in total. The first-order valence-corrected chi connectivity index (χ1v) is 5.93. The molecule has 1 aromatic rings. The normalized spacial score (nSPS) is 21.8. The summed E-state index contributed by atoms with van der Waals surface area (Å²) in [5, 5.41) is 0.422. The second-order valence-electron chi connectivity index (χ2n) is 5.29. The number of rotatable bonds is 1. The van der Waals surface area contributed by atoms with Gasteiger partial charge in [-0.15, -0.1) is 0 Å². The summed E-state index contributed by atoms with van der Waals surface area (Å²) in [6, 6.07) is 1.76. The minimum absolute atomic E-state index is 0.355. The molecule has 0 unspecified atom stereocenters. The third kappa shape index (κ3) is 2.15. The van der Waals surface area contributed by atoms with Crippen molar-refractivity contribution in [3.05, 3.63) is 17.4 Å². The predicted octanol–water partition coefficient (Wildman–Crippen LogP) is 1.04. The molecule has 1 fully saturated rings. The van der Waals surface area contributed by atoms with Crippen molar-refractivity contribution in [2.75, 3.05) is 5.73 Å². The van der Waals surface area contributed by atoms with Crippen LogP contribution >= 0.6 is 11.6 Å². The first-order valence-electron chi connectivity index (χ1n) is 5.55. The van der Waals surface area contributed by atoms with Crippen LogP contribution in [0.25, 0.3) is 0 Å². The Morgan fingerprint density at radius 2 is 1.76 bits per heavy atom. The zero-order chi connectivity index (χ0) is 12.8. The van der Waals surface area contributed by atoms with E-state index in [9.17, 15) is 0 Å². The Bertz CT molecular complexity index is 435. The lowest BCUT2D eigenvalue weighted by molar-refractivity contribution is -0.373. The van der Waals surface area contributed by atoms with E-state index in [0.717, 1.165) is 5.46 Å². The lowest BCUT2D eigenvalue weighted by Gasteiger charge is -2.32. The van der Waals surface area contributed by atoms with Crippen LogP contribution in [0.3, 0.4) is 0 Å². The molecule has 4 nitrogen and oxygen atoms in total. The van der Waals surface area contributed by atoms with Gasteiger partial charge in [-0.3, -0.25) is 0 Å². The molecule has 1 aliphatic heterocycles. The maximum Gasteiger partial charge on any atom is 0.501 e. The van der Waals surface area contributed by atoms with Gasteiger partial charge in [-0.1, -0.05) is 0 Å². The van der Waals surface area contributed by atoms with Gasteiger partial charge in [-0.05, 0) is 45.4 Å². The van der Waals surface area contributed by atoms with Crippen LogP contribution in [0.4, 0.5) is 5.69 Å². The Balaban J connectivity index is 2.29. The molecule has 2 heterocycles. The highest BCUT2D eigenvalue weighted by Gasteiger charge is 2.52. The van der Waals surface area contributed by atoms with E-state index in [1.807, 2.05) is 27.7 Å². The van der Waals surface area contributed by atoms with Gasteiger partial charge in [0.25, 0.3) is 5.15 Å². The van der Waals surface area contributed by atoms with E-state index in [2.05, 4.69) is 4.98 Å². The van der Waals surface area contributed by atoms with Crippen molar-refractivity contribution in [3.8, 4) is 0 Å². The molecule has 92 valence electrons. The van der Waals surface area contributed by atoms with Crippen molar-refractivity contribution in [2.24, 2.45) is 0 Å². The highest BCUT2D eigenvalue weighted by molar-refractivity contribution is 6.62. The maximum atomic E-state index is 5.90. The number of pyridine rings is 1. The fourth-order valence-corrected chi connectivity index (χ4v) is 1.74. The molecular weight excluding hydrogens is 238 g/mol. The molecule has 0 aromatic carbocycles. The molecule has 0 saturated carbocycles. The van der Waals surface area contributed by atoms with Gasteiger partial charge in [-0.25, -0.2) is 0 Å². The second kappa shape index (κ2) is 3.87. The van der Waals surface area contributed by atoms with Gasteiger partial charge in [-0.2, -0.15) is 4.98 Å². The van der Waals surface area contributed by atoms with Crippen LogP contribution < -0.4 is 16.2 Å². The lowest BCUT2D eigenvalue weighted by Crippen LogP contribution is -2.41. The number of aromatic amines is 1. The number of hydrogen-bond acceptors (Lipinski definition) is 3. The number of anilines is 1. The van der Waals surface area contributed by atoms with Crippen molar-refractivity contribution < 1.29 is 14.3 Å². The van der Waals surface area contributed by atoms with Gasteiger partial charge < -0.3 is 15.0 Å². The average molecular weight is 256 g/mol. The Morgan fingerprint density at radius 1 is 1.24 bits per heavy atom. The maximum absolute atomic E-state index is 5.90. The standard InChI is InChI=1S/C11H16BClN2O2/c1-10(2)11(3,4)17-12(16-10)7-5-8(14)9(13)15-6-7/h5-6H,14H2,1-4H3/p+1. The van der Waals surface area contributed by atoms with Crippen molar-refractivity contribution in [3.63, 3.8) is 0 Å². The second-order valence-corrected chi connectivity index (χ2v) is 5.67. The van der Waals surface area contributed by atoms with Crippen LogP contribution in [0, 0.1) is 0 Å². The first-order chi connectivity index (χ1) is 7.73. The zero-order valence-electron chi connectivity index (χ0n) is 10.5. The van der Waals surface area contributed by atoms with Crippen molar-refractivity contribution in [1.82, 2.24) is 0 Å². The molecular formula is C11H17BClN2O2+. The van der Waals surface area contributed by atoms with E-state index < -0.39 is 7.12 Å². The smallest absolute Gasteiger partial charge is 0.399 e. The van der Waals surface area contributed by atoms with Crippen LogP contribution in [0.2, 0.25) is 5.15 Å². The zero-order valence-corrected chi connectivity index (χ0v) is 11.3. The third-order valence-corrected chi connectivity index (χ3v) is 3.79. The molecule has 1 saturated heterocycles. The minimum Gasteiger partial charge on any atom is -0.399 e. The van der Waals surface area contributed by atoms with Crippen LogP contribution in [-0.2, 0) is 9.31 Å². The average Bonchev–Trinajstić information content (AvgIpc) is 2.41. The highest BCUT2D eigenvalue weighted by Crippen LogP contribution is 2.36. The summed E-state index contributed by atoms with van der Waals surface area (Å²) < 4.78 is 11.8. The van der Waals surface area contributed by atoms with Gasteiger partial charge in [0.15, 0.2) is 6.20 Å². The molecule has 1 aromatic heterocycles. The van der Waals surface area contributed by atoms with Crippen LogP contribution in [0.15, 0.2) is 12.3 Å². The number of hydrogen-bond donors (Lipinski definition) is 1. The summed E-state index contributed by atoms with van der Waals surface area (Å²) in [6.45, 7) is 8.04. The van der Waals surface area contributed by atoms with E-state index in [1.54, 1.807) is 12.3 Å². The lowest BCUT2D eigenvalue weighted by atomic mass is 9.80.